The van der Waals surface area contributed by atoms with Gasteiger partial charge >= 0.3 is 5.97 Å². The number of hydrogen-bond donors (Lipinski definition) is 1. The topological polar surface area (TPSA) is 52.3 Å². The van der Waals surface area contributed by atoms with Crippen LogP contribution in [-0.4, -0.2) is 19.6 Å². The van der Waals surface area contributed by atoms with Crippen molar-refractivity contribution in [2.45, 2.75) is 18.8 Å². The Morgan fingerprint density at radius 1 is 1.30 bits per heavy atom. The third-order valence-electron chi connectivity index (χ3n) is 3.58. The Bertz CT molecular complexity index is 563. The second-order valence-electron chi connectivity index (χ2n) is 4.90. The van der Waals surface area contributed by atoms with Crippen LogP contribution in [0.3, 0.4) is 0 Å². The lowest BCUT2D eigenvalue weighted by Crippen LogP contribution is -2.45. The Morgan fingerprint density at radius 3 is 2.50 bits per heavy atom. The van der Waals surface area contributed by atoms with Gasteiger partial charge in [0.1, 0.15) is 5.41 Å². The third-order valence-corrected chi connectivity index (χ3v) is 4.46. The zero-order valence-corrected chi connectivity index (χ0v) is 12.6. The lowest BCUT2D eigenvalue weighted by Gasteiger charge is -2.30. The molecule has 1 aromatic carbocycles. The minimum Gasteiger partial charge on any atom is -0.468 e. The van der Waals surface area contributed by atoms with Crippen molar-refractivity contribution in [3.63, 3.8) is 0 Å². The molecule has 0 fully saturated rings. The number of hydrogen-bond acceptors (Lipinski definition) is 4. The zero-order chi connectivity index (χ0) is 14.6. The van der Waals surface area contributed by atoms with Crippen LogP contribution in [0.1, 0.15) is 16.0 Å². The number of carbonyl (C=O) groups is 1. The maximum Gasteiger partial charge on any atom is 0.317 e. The van der Waals surface area contributed by atoms with E-state index in [1.807, 2.05) is 48.7 Å². The van der Waals surface area contributed by atoms with Gasteiger partial charge in [-0.3, -0.25) is 4.79 Å². The van der Waals surface area contributed by atoms with E-state index in [2.05, 4.69) is 0 Å². The molecule has 0 amide bonds. The molecule has 1 unspecified atom stereocenters. The molecule has 0 spiro atoms. The molecule has 2 rings (SSSR count). The summed E-state index contributed by atoms with van der Waals surface area (Å²) in [6.45, 7) is 2.24. The predicted octanol–water partition coefficient (Wildman–Crippen LogP) is 2.67. The molecule has 0 aliphatic carbocycles. The molecule has 1 atom stereocenters. The van der Waals surface area contributed by atoms with E-state index in [-0.39, 0.29) is 12.5 Å². The van der Waals surface area contributed by atoms with Crippen LogP contribution in [0, 0.1) is 6.92 Å². The van der Waals surface area contributed by atoms with Gasteiger partial charge in [0.15, 0.2) is 0 Å². The van der Waals surface area contributed by atoms with Crippen molar-refractivity contribution in [1.82, 2.24) is 0 Å². The second-order valence-corrected chi connectivity index (χ2v) is 5.93. The molecule has 0 bridgehead atoms. The molecular formula is C16H19NO2S. The SMILES string of the molecule is COC(=O)C(CN)(Cc1cccs1)c1ccc(C)cc1. The van der Waals surface area contributed by atoms with Crippen LogP contribution >= 0.6 is 11.3 Å². The fourth-order valence-corrected chi connectivity index (χ4v) is 3.16. The van der Waals surface area contributed by atoms with Crippen LogP contribution in [0.5, 0.6) is 0 Å². The van der Waals surface area contributed by atoms with E-state index in [9.17, 15) is 4.79 Å². The molecular weight excluding hydrogens is 270 g/mol. The highest BCUT2D eigenvalue weighted by Gasteiger charge is 2.40. The molecule has 20 heavy (non-hydrogen) atoms. The molecule has 0 saturated heterocycles. The number of rotatable bonds is 5. The van der Waals surface area contributed by atoms with Crippen LogP contribution in [-0.2, 0) is 21.4 Å². The van der Waals surface area contributed by atoms with Crippen molar-refractivity contribution in [2.75, 3.05) is 13.7 Å². The van der Waals surface area contributed by atoms with E-state index in [4.69, 9.17) is 10.5 Å². The molecule has 0 radical (unpaired) electrons. The summed E-state index contributed by atoms with van der Waals surface area (Å²) < 4.78 is 5.03. The van der Waals surface area contributed by atoms with Crippen molar-refractivity contribution >= 4 is 17.3 Å². The lowest BCUT2D eigenvalue weighted by atomic mass is 9.77. The fourth-order valence-electron chi connectivity index (χ4n) is 2.34. The summed E-state index contributed by atoms with van der Waals surface area (Å²) >= 11 is 1.63. The second kappa shape index (κ2) is 6.20. The first-order valence-corrected chi connectivity index (χ1v) is 7.38. The number of carbonyl (C=O) groups excluding carboxylic acids is 1. The smallest absolute Gasteiger partial charge is 0.317 e. The summed E-state index contributed by atoms with van der Waals surface area (Å²) in [6, 6.07) is 11.9. The molecule has 1 aromatic heterocycles. The largest absolute Gasteiger partial charge is 0.468 e. The summed E-state index contributed by atoms with van der Waals surface area (Å²) in [5.41, 5.74) is 7.22. The van der Waals surface area contributed by atoms with Crippen molar-refractivity contribution in [3.05, 3.63) is 57.8 Å². The number of ether oxygens (including phenoxy) is 1. The molecule has 106 valence electrons. The summed E-state index contributed by atoms with van der Waals surface area (Å²) in [4.78, 5) is 13.5. The summed E-state index contributed by atoms with van der Waals surface area (Å²) in [5.74, 6) is -0.280. The fraction of sp³-hybridized carbons (Fsp3) is 0.312. The van der Waals surface area contributed by atoms with Crippen LogP contribution in [0.25, 0.3) is 0 Å². The predicted molar refractivity (Wildman–Crippen MR) is 82.0 cm³/mol. The minimum atomic E-state index is -0.812. The van der Waals surface area contributed by atoms with Crippen molar-refractivity contribution < 1.29 is 9.53 Å². The van der Waals surface area contributed by atoms with Crippen molar-refractivity contribution in [3.8, 4) is 0 Å². The average molecular weight is 289 g/mol. The Kier molecular flexibility index (Phi) is 4.57. The number of benzene rings is 1. The first-order chi connectivity index (χ1) is 9.62. The Morgan fingerprint density at radius 2 is 2.00 bits per heavy atom. The number of nitrogens with two attached hydrogens (primary N) is 1. The van der Waals surface area contributed by atoms with Gasteiger partial charge in [-0.2, -0.15) is 0 Å². The third kappa shape index (κ3) is 2.76. The summed E-state index contributed by atoms with van der Waals surface area (Å²) in [7, 11) is 1.41. The van der Waals surface area contributed by atoms with Crippen LogP contribution in [0.15, 0.2) is 41.8 Å². The van der Waals surface area contributed by atoms with Gasteiger partial charge in [0.25, 0.3) is 0 Å². The maximum absolute atomic E-state index is 12.4. The molecule has 3 nitrogen and oxygen atoms in total. The number of aryl methyl sites for hydroxylation is 1. The Labute approximate surface area is 123 Å². The van der Waals surface area contributed by atoms with E-state index < -0.39 is 5.41 Å². The van der Waals surface area contributed by atoms with E-state index in [0.29, 0.717) is 6.42 Å². The number of thiophene rings is 1. The van der Waals surface area contributed by atoms with Gasteiger partial charge in [-0.1, -0.05) is 35.9 Å². The van der Waals surface area contributed by atoms with Gasteiger partial charge in [-0.15, -0.1) is 11.3 Å². The average Bonchev–Trinajstić information content (AvgIpc) is 2.98. The van der Waals surface area contributed by atoms with Gasteiger partial charge in [0.2, 0.25) is 0 Å². The lowest BCUT2D eigenvalue weighted by molar-refractivity contribution is -0.147. The van der Waals surface area contributed by atoms with E-state index in [1.165, 1.54) is 7.11 Å². The summed E-state index contributed by atoms with van der Waals surface area (Å²) in [5, 5.41) is 2.00. The maximum atomic E-state index is 12.4. The first-order valence-electron chi connectivity index (χ1n) is 6.50. The molecule has 0 aliphatic heterocycles. The van der Waals surface area contributed by atoms with Gasteiger partial charge in [-0.25, -0.2) is 0 Å². The number of esters is 1. The Hall–Kier alpha value is -1.65. The van der Waals surface area contributed by atoms with Gasteiger partial charge in [0, 0.05) is 17.8 Å². The number of methoxy groups -OCH3 is 1. The van der Waals surface area contributed by atoms with Gasteiger partial charge in [0.05, 0.1) is 7.11 Å². The van der Waals surface area contributed by atoms with E-state index >= 15 is 0 Å². The minimum absolute atomic E-state index is 0.223. The van der Waals surface area contributed by atoms with Crippen molar-refractivity contribution in [1.29, 1.82) is 0 Å². The summed E-state index contributed by atoms with van der Waals surface area (Å²) in [6.07, 6.45) is 0.566. The Balaban J connectivity index is 2.46. The highest BCUT2D eigenvalue weighted by atomic mass is 32.1. The quantitative estimate of drug-likeness (QED) is 0.861. The van der Waals surface area contributed by atoms with Crippen LogP contribution < -0.4 is 5.73 Å². The molecule has 1 heterocycles. The molecule has 0 aliphatic rings. The standard InChI is InChI=1S/C16H19NO2S/c1-12-5-7-13(8-6-12)16(11-17,15(18)19-2)10-14-4-3-9-20-14/h3-9H,10-11,17H2,1-2H3. The highest BCUT2D eigenvalue weighted by Crippen LogP contribution is 2.31. The zero-order valence-electron chi connectivity index (χ0n) is 11.8. The molecule has 2 N–H and O–H groups in total. The monoisotopic (exact) mass is 289 g/mol. The van der Waals surface area contributed by atoms with E-state index in [0.717, 1.165) is 16.0 Å². The molecule has 4 heteroatoms. The first kappa shape index (κ1) is 14.8. The van der Waals surface area contributed by atoms with Gasteiger partial charge in [-0.05, 0) is 23.9 Å². The van der Waals surface area contributed by atoms with E-state index in [1.54, 1.807) is 11.3 Å². The molecule has 0 saturated carbocycles. The molecule has 2 aromatic rings. The van der Waals surface area contributed by atoms with Crippen molar-refractivity contribution in [2.24, 2.45) is 5.73 Å². The van der Waals surface area contributed by atoms with Gasteiger partial charge < -0.3 is 10.5 Å². The van der Waals surface area contributed by atoms with Crippen LogP contribution in [0.2, 0.25) is 0 Å². The highest BCUT2D eigenvalue weighted by molar-refractivity contribution is 7.09. The van der Waals surface area contributed by atoms with Crippen LogP contribution in [0.4, 0.5) is 0 Å². The normalized spacial score (nSPS) is 13.8.